The zero-order valence-electron chi connectivity index (χ0n) is 12.5. The van der Waals surface area contributed by atoms with Crippen LogP contribution in [0, 0.1) is 24.7 Å². The Morgan fingerprint density at radius 2 is 1.91 bits per heavy atom. The molecule has 0 unspecified atom stereocenters. The Hall–Kier alpha value is -2.59. The van der Waals surface area contributed by atoms with Gasteiger partial charge < -0.3 is 15.0 Å². The van der Waals surface area contributed by atoms with E-state index in [-0.39, 0.29) is 18.7 Å². The fourth-order valence-electron chi connectivity index (χ4n) is 2.64. The quantitative estimate of drug-likeness (QED) is 0.848. The predicted molar refractivity (Wildman–Crippen MR) is 87.6 cm³/mol. The Labute approximate surface area is 131 Å². The molecule has 0 heterocycles. The number of ether oxygens (including phenoxy) is 1. The lowest BCUT2D eigenvalue weighted by atomic mass is 10.2. The Morgan fingerprint density at radius 1 is 1.23 bits per heavy atom. The van der Waals surface area contributed by atoms with E-state index in [9.17, 15) is 4.79 Å². The molecule has 0 bridgehead atoms. The van der Waals surface area contributed by atoms with E-state index in [4.69, 9.17) is 17.6 Å². The van der Waals surface area contributed by atoms with Crippen molar-refractivity contribution in [3.05, 3.63) is 24.3 Å². The lowest BCUT2D eigenvalue weighted by Crippen LogP contribution is -2.41. The molecule has 1 fully saturated rings. The largest absolute Gasteiger partial charge is 0.481 e. The zero-order valence-corrected chi connectivity index (χ0v) is 12.5. The molecule has 0 spiro atoms. The van der Waals surface area contributed by atoms with E-state index in [2.05, 4.69) is 17.2 Å². The van der Waals surface area contributed by atoms with Crippen molar-refractivity contribution in [2.24, 2.45) is 0 Å². The number of amides is 2. The maximum atomic E-state index is 12.4. The van der Waals surface area contributed by atoms with Gasteiger partial charge in [0.15, 0.2) is 0 Å². The summed E-state index contributed by atoms with van der Waals surface area (Å²) in [5, 5.41) is 2.88. The molecular formula is C18H20N2O2. The highest BCUT2D eigenvalue weighted by atomic mass is 16.5. The van der Waals surface area contributed by atoms with Crippen molar-refractivity contribution in [3.63, 3.8) is 0 Å². The number of hydrogen-bond donors (Lipinski definition) is 1. The van der Waals surface area contributed by atoms with Crippen LogP contribution >= 0.6 is 0 Å². The Morgan fingerprint density at radius 3 is 2.50 bits per heavy atom. The van der Waals surface area contributed by atoms with Crippen molar-refractivity contribution in [1.29, 1.82) is 0 Å². The van der Waals surface area contributed by atoms with Crippen molar-refractivity contribution in [2.45, 2.75) is 31.7 Å². The number of hydrogen-bond acceptors (Lipinski definition) is 2. The summed E-state index contributed by atoms with van der Waals surface area (Å²) in [6.07, 6.45) is 14.9. The van der Waals surface area contributed by atoms with Gasteiger partial charge in [-0.15, -0.1) is 12.8 Å². The molecule has 22 heavy (non-hydrogen) atoms. The Bertz CT molecular complexity index is 575. The SMILES string of the molecule is C#CCOc1ccc(NC(=O)N(CC#C)C2CCCC2)cc1. The minimum Gasteiger partial charge on any atom is -0.481 e. The van der Waals surface area contributed by atoms with Crippen LogP contribution in [0.15, 0.2) is 24.3 Å². The van der Waals surface area contributed by atoms with Crippen molar-refractivity contribution in [3.8, 4) is 30.4 Å². The van der Waals surface area contributed by atoms with Gasteiger partial charge in [-0.2, -0.15) is 0 Å². The number of nitrogens with one attached hydrogen (secondary N) is 1. The second-order valence-electron chi connectivity index (χ2n) is 5.22. The van der Waals surface area contributed by atoms with Gasteiger partial charge in [-0.1, -0.05) is 24.7 Å². The molecule has 0 radical (unpaired) electrons. The van der Waals surface area contributed by atoms with Gasteiger partial charge >= 0.3 is 6.03 Å². The summed E-state index contributed by atoms with van der Waals surface area (Å²) in [7, 11) is 0. The predicted octanol–water partition coefficient (Wildman–Crippen LogP) is 3.11. The third kappa shape index (κ3) is 4.20. The van der Waals surface area contributed by atoms with Crippen LogP contribution < -0.4 is 10.1 Å². The van der Waals surface area contributed by atoms with Crippen LogP contribution in [-0.2, 0) is 0 Å². The molecule has 1 aromatic carbocycles. The number of rotatable bonds is 5. The van der Waals surface area contributed by atoms with Crippen LogP contribution in [0.3, 0.4) is 0 Å². The molecule has 0 atom stereocenters. The molecule has 4 heteroatoms. The summed E-state index contributed by atoms with van der Waals surface area (Å²) in [6.45, 7) is 0.559. The van der Waals surface area contributed by atoms with E-state index in [0.29, 0.717) is 18.0 Å². The number of terminal acetylenes is 2. The van der Waals surface area contributed by atoms with E-state index in [1.165, 1.54) is 0 Å². The fraction of sp³-hybridized carbons (Fsp3) is 0.389. The summed E-state index contributed by atoms with van der Waals surface area (Å²) >= 11 is 0. The van der Waals surface area contributed by atoms with E-state index < -0.39 is 0 Å². The minimum atomic E-state index is -0.151. The van der Waals surface area contributed by atoms with Crippen molar-refractivity contribution < 1.29 is 9.53 Å². The van der Waals surface area contributed by atoms with Crippen LogP contribution in [-0.4, -0.2) is 30.1 Å². The summed E-state index contributed by atoms with van der Waals surface area (Å²) < 4.78 is 5.30. The van der Waals surface area contributed by atoms with Crippen LogP contribution in [0.4, 0.5) is 10.5 Å². The lowest BCUT2D eigenvalue weighted by molar-refractivity contribution is 0.198. The Kier molecular flexibility index (Phi) is 5.74. The topological polar surface area (TPSA) is 41.6 Å². The second kappa shape index (κ2) is 8.00. The molecule has 4 nitrogen and oxygen atoms in total. The normalized spacial score (nSPS) is 13.9. The van der Waals surface area contributed by atoms with Gasteiger partial charge in [-0.25, -0.2) is 4.79 Å². The number of carbonyl (C=O) groups excluding carboxylic acids is 1. The summed E-state index contributed by atoms with van der Waals surface area (Å²) in [5.74, 6) is 5.65. The maximum absolute atomic E-state index is 12.4. The third-order valence-electron chi connectivity index (χ3n) is 3.72. The van der Waals surface area contributed by atoms with Gasteiger partial charge in [-0.05, 0) is 37.1 Å². The van der Waals surface area contributed by atoms with Crippen molar-refractivity contribution >= 4 is 11.7 Å². The summed E-state index contributed by atoms with van der Waals surface area (Å²) in [5.41, 5.74) is 0.707. The van der Waals surface area contributed by atoms with Crippen LogP contribution in [0.5, 0.6) is 5.75 Å². The minimum absolute atomic E-state index is 0.151. The van der Waals surface area contributed by atoms with Gasteiger partial charge in [0, 0.05) is 11.7 Å². The first-order chi connectivity index (χ1) is 10.7. The standard InChI is InChI=1S/C18H20N2O2/c1-3-13-20(16-7-5-6-8-16)18(21)19-15-9-11-17(12-10-15)22-14-4-2/h1-2,9-12,16H,5-8,13-14H2,(H,19,21). The van der Waals surface area contributed by atoms with Crippen molar-refractivity contribution in [2.75, 3.05) is 18.5 Å². The smallest absolute Gasteiger partial charge is 0.322 e. The molecule has 0 aromatic heterocycles. The highest BCUT2D eigenvalue weighted by Gasteiger charge is 2.25. The molecule has 114 valence electrons. The molecule has 1 aromatic rings. The molecular weight excluding hydrogens is 276 g/mol. The number of benzene rings is 1. The summed E-state index contributed by atoms with van der Waals surface area (Å²) in [6, 6.07) is 7.21. The van der Waals surface area contributed by atoms with Gasteiger partial charge in [-0.3, -0.25) is 0 Å². The first kappa shape index (κ1) is 15.8. The summed E-state index contributed by atoms with van der Waals surface area (Å²) in [4.78, 5) is 14.2. The van der Waals surface area contributed by atoms with Crippen LogP contribution in [0.2, 0.25) is 0 Å². The molecule has 0 saturated heterocycles. The molecule has 1 saturated carbocycles. The Balaban J connectivity index is 1.97. The average molecular weight is 296 g/mol. The highest BCUT2D eigenvalue weighted by molar-refractivity contribution is 5.89. The molecule has 0 aliphatic heterocycles. The fourth-order valence-corrected chi connectivity index (χ4v) is 2.64. The van der Waals surface area contributed by atoms with E-state index >= 15 is 0 Å². The average Bonchev–Trinajstić information content (AvgIpc) is 3.06. The number of nitrogens with zero attached hydrogens (tertiary/aromatic N) is 1. The van der Waals surface area contributed by atoms with E-state index in [0.717, 1.165) is 25.7 Å². The maximum Gasteiger partial charge on any atom is 0.322 e. The van der Waals surface area contributed by atoms with Gasteiger partial charge in [0.1, 0.15) is 12.4 Å². The molecule has 1 aliphatic carbocycles. The number of carbonyl (C=O) groups is 1. The van der Waals surface area contributed by atoms with Gasteiger partial charge in [0.25, 0.3) is 0 Å². The van der Waals surface area contributed by atoms with Gasteiger partial charge in [0.2, 0.25) is 0 Å². The molecule has 2 rings (SSSR count). The zero-order chi connectivity index (χ0) is 15.8. The molecule has 2 amide bonds. The lowest BCUT2D eigenvalue weighted by Gasteiger charge is -2.27. The number of anilines is 1. The molecule has 1 N–H and O–H groups in total. The first-order valence-electron chi connectivity index (χ1n) is 7.42. The second-order valence-corrected chi connectivity index (χ2v) is 5.22. The monoisotopic (exact) mass is 296 g/mol. The van der Waals surface area contributed by atoms with Crippen LogP contribution in [0.1, 0.15) is 25.7 Å². The van der Waals surface area contributed by atoms with Gasteiger partial charge in [0.05, 0.1) is 6.54 Å². The van der Waals surface area contributed by atoms with Crippen molar-refractivity contribution in [1.82, 2.24) is 4.90 Å². The molecule has 1 aliphatic rings. The third-order valence-corrected chi connectivity index (χ3v) is 3.72. The highest BCUT2D eigenvalue weighted by Crippen LogP contribution is 2.24. The van der Waals surface area contributed by atoms with Crippen LogP contribution in [0.25, 0.3) is 0 Å². The van der Waals surface area contributed by atoms with E-state index in [1.807, 2.05) is 0 Å². The van der Waals surface area contributed by atoms with E-state index in [1.54, 1.807) is 29.2 Å². The first-order valence-corrected chi connectivity index (χ1v) is 7.42. The number of urea groups is 1.